The van der Waals surface area contributed by atoms with E-state index in [1.54, 1.807) is 11.3 Å². The van der Waals surface area contributed by atoms with Gasteiger partial charge in [0, 0.05) is 0 Å². The summed E-state index contributed by atoms with van der Waals surface area (Å²) in [5.41, 5.74) is 0. The van der Waals surface area contributed by atoms with Crippen molar-refractivity contribution in [2.24, 2.45) is 0 Å². The van der Waals surface area contributed by atoms with Crippen LogP contribution in [0.5, 0.6) is 0 Å². The van der Waals surface area contributed by atoms with E-state index in [1.807, 2.05) is 14.0 Å². The molecular formula is C7H13N3S. The monoisotopic (exact) mass is 171 g/mol. The fourth-order valence-corrected chi connectivity index (χ4v) is 1.85. The summed E-state index contributed by atoms with van der Waals surface area (Å²) in [7, 11) is 1.95. The van der Waals surface area contributed by atoms with Gasteiger partial charge in [-0.2, -0.15) is 0 Å². The van der Waals surface area contributed by atoms with Crippen molar-refractivity contribution in [3.8, 4) is 0 Å². The van der Waals surface area contributed by atoms with Crippen molar-refractivity contribution in [3.05, 3.63) is 10.0 Å². The minimum Gasteiger partial charge on any atom is -0.311 e. The number of nitrogens with zero attached hydrogens (tertiary/aromatic N) is 2. The fourth-order valence-electron chi connectivity index (χ4n) is 0.955. The molecule has 1 heterocycles. The Morgan fingerprint density at radius 2 is 2.27 bits per heavy atom. The van der Waals surface area contributed by atoms with Crippen LogP contribution in [0.4, 0.5) is 0 Å². The van der Waals surface area contributed by atoms with Gasteiger partial charge in [0.1, 0.15) is 10.0 Å². The summed E-state index contributed by atoms with van der Waals surface area (Å²) in [6, 6.07) is 0.376. The van der Waals surface area contributed by atoms with Gasteiger partial charge in [-0.05, 0) is 20.4 Å². The molecule has 0 amide bonds. The van der Waals surface area contributed by atoms with Crippen LogP contribution in [0.3, 0.4) is 0 Å². The molecule has 11 heavy (non-hydrogen) atoms. The van der Waals surface area contributed by atoms with E-state index in [0.717, 1.165) is 16.4 Å². The van der Waals surface area contributed by atoms with Gasteiger partial charge >= 0.3 is 0 Å². The molecule has 1 N–H and O–H groups in total. The van der Waals surface area contributed by atoms with Gasteiger partial charge in [-0.1, -0.05) is 6.92 Å². The van der Waals surface area contributed by atoms with Crippen LogP contribution in [0.15, 0.2) is 0 Å². The molecule has 1 aromatic rings. The van der Waals surface area contributed by atoms with E-state index in [4.69, 9.17) is 0 Å². The van der Waals surface area contributed by atoms with Crippen LogP contribution in [-0.4, -0.2) is 17.2 Å². The molecule has 0 saturated carbocycles. The lowest BCUT2D eigenvalue weighted by Crippen LogP contribution is -2.14. The summed E-state index contributed by atoms with van der Waals surface area (Å²) in [5.74, 6) is 0. The standard InChI is InChI=1S/C7H13N3S/c1-4-6(8-3)7-10-9-5(2)11-7/h6,8H,4H2,1-3H3. The molecule has 0 aliphatic rings. The third kappa shape index (κ3) is 1.97. The third-order valence-electron chi connectivity index (χ3n) is 1.60. The molecule has 1 unspecified atom stereocenters. The van der Waals surface area contributed by atoms with Crippen LogP contribution in [0, 0.1) is 6.92 Å². The summed E-state index contributed by atoms with van der Waals surface area (Å²) in [5, 5.41) is 13.3. The van der Waals surface area contributed by atoms with Crippen molar-refractivity contribution >= 4 is 11.3 Å². The van der Waals surface area contributed by atoms with Crippen LogP contribution in [-0.2, 0) is 0 Å². The van der Waals surface area contributed by atoms with Gasteiger partial charge in [0.2, 0.25) is 0 Å². The molecule has 0 aliphatic carbocycles. The Morgan fingerprint density at radius 1 is 1.55 bits per heavy atom. The first-order valence-corrected chi connectivity index (χ1v) is 4.56. The lowest BCUT2D eigenvalue weighted by molar-refractivity contribution is 0.568. The van der Waals surface area contributed by atoms with Crippen LogP contribution in [0.2, 0.25) is 0 Å². The molecule has 0 radical (unpaired) electrons. The Hall–Kier alpha value is -0.480. The zero-order valence-electron chi connectivity index (χ0n) is 7.09. The van der Waals surface area contributed by atoms with Crippen LogP contribution in [0.1, 0.15) is 29.4 Å². The van der Waals surface area contributed by atoms with Gasteiger partial charge in [-0.25, -0.2) is 0 Å². The summed E-state index contributed by atoms with van der Waals surface area (Å²) >= 11 is 1.66. The Balaban J connectivity index is 2.73. The van der Waals surface area contributed by atoms with Gasteiger partial charge < -0.3 is 5.32 Å². The molecular weight excluding hydrogens is 158 g/mol. The van der Waals surface area contributed by atoms with Crippen molar-refractivity contribution < 1.29 is 0 Å². The number of nitrogens with one attached hydrogen (secondary N) is 1. The highest BCUT2D eigenvalue weighted by Crippen LogP contribution is 2.19. The summed E-state index contributed by atoms with van der Waals surface area (Å²) in [6.45, 7) is 4.11. The van der Waals surface area contributed by atoms with E-state index >= 15 is 0 Å². The Bertz CT molecular complexity index is 217. The molecule has 0 aromatic carbocycles. The second-order valence-electron chi connectivity index (χ2n) is 2.41. The average Bonchev–Trinajstić information content (AvgIpc) is 2.39. The maximum atomic E-state index is 4.06. The number of rotatable bonds is 3. The summed E-state index contributed by atoms with van der Waals surface area (Å²) in [4.78, 5) is 0. The molecule has 62 valence electrons. The minimum atomic E-state index is 0.376. The third-order valence-corrected chi connectivity index (χ3v) is 2.55. The summed E-state index contributed by atoms with van der Waals surface area (Å²) < 4.78 is 0. The zero-order valence-corrected chi connectivity index (χ0v) is 7.90. The number of hydrogen-bond acceptors (Lipinski definition) is 4. The van der Waals surface area contributed by atoms with E-state index in [1.165, 1.54) is 0 Å². The van der Waals surface area contributed by atoms with Crippen molar-refractivity contribution in [2.45, 2.75) is 26.3 Å². The van der Waals surface area contributed by atoms with Gasteiger partial charge in [0.15, 0.2) is 0 Å². The molecule has 0 saturated heterocycles. The van der Waals surface area contributed by atoms with Crippen molar-refractivity contribution in [2.75, 3.05) is 7.05 Å². The maximum absolute atomic E-state index is 4.06. The van der Waals surface area contributed by atoms with E-state index in [-0.39, 0.29) is 0 Å². The Morgan fingerprint density at radius 3 is 2.64 bits per heavy atom. The first-order chi connectivity index (χ1) is 5.27. The SMILES string of the molecule is CCC(NC)c1nnc(C)s1. The highest BCUT2D eigenvalue weighted by molar-refractivity contribution is 7.11. The molecule has 4 heteroatoms. The minimum absolute atomic E-state index is 0.376. The van der Waals surface area contributed by atoms with E-state index < -0.39 is 0 Å². The molecule has 0 aliphatic heterocycles. The predicted molar refractivity (Wildman–Crippen MR) is 46.7 cm³/mol. The van der Waals surface area contributed by atoms with Gasteiger partial charge in [0.25, 0.3) is 0 Å². The molecule has 1 rings (SSSR count). The van der Waals surface area contributed by atoms with Crippen LogP contribution < -0.4 is 5.32 Å². The molecule has 1 atom stereocenters. The van der Waals surface area contributed by atoms with Crippen LogP contribution >= 0.6 is 11.3 Å². The number of aromatic nitrogens is 2. The van der Waals surface area contributed by atoms with Gasteiger partial charge in [0.05, 0.1) is 6.04 Å². The molecule has 3 nitrogen and oxygen atoms in total. The van der Waals surface area contributed by atoms with Gasteiger partial charge in [-0.3, -0.25) is 0 Å². The number of hydrogen-bond donors (Lipinski definition) is 1. The molecule has 0 spiro atoms. The maximum Gasteiger partial charge on any atom is 0.134 e. The Labute approximate surface area is 70.9 Å². The second-order valence-corrected chi connectivity index (χ2v) is 3.62. The first kappa shape index (κ1) is 8.62. The van der Waals surface area contributed by atoms with Gasteiger partial charge in [-0.15, -0.1) is 21.5 Å². The lowest BCUT2D eigenvalue weighted by Gasteiger charge is -2.07. The van der Waals surface area contributed by atoms with Crippen molar-refractivity contribution in [3.63, 3.8) is 0 Å². The Kier molecular flexibility index (Phi) is 2.96. The molecule has 0 fully saturated rings. The van der Waals surface area contributed by atoms with E-state index in [2.05, 4.69) is 22.4 Å². The highest BCUT2D eigenvalue weighted by Gasteiger charge is 2.10. The lowest BCUT2D eigenvalue weighted by atomic mass is 10.2. The fraction of sp³-hybridized carbons (Fsp3) is 0.714. The topological polar surface area (TPSA) is 37.8 Å². The highest BCUT2D eigenvalue weighted by atomic mass is 32.1. The van der Waals surface area contributed by atoms with E-state index in [9.17, 15) is 0 Å². The molecule has 0 bridgehead atoms. The van der Waals surface area contributed by atoms with E-state index in [0.29, 0.717) is 6.04 Å². The average molecular weight is 171 g/mol. The molecule has 1 aromatic heterocycles. The van der Waals surface area contributed by atoms with Crippen molar-refractivity contribution in [1.29, 1.82) is 0 Å². The summed E-state index contributed by atoms with van der Waals surface area (Å²) in [6.07, 6.45) is 1.06. The predicted octanol–water partition coefficient (Wildman–Crippen LogP) is 1.52. The second kappa shape index (κ2) is 3.78. The first-order valence-electron chi connectivity index (χ1n) is 3.75. The number of aryl methyl sites for hydroxylation is 1. The zero-order chi connectivity index (χ0) is 8.27. The smallest absolute Gasteiger partial charge is 0.134 e. The van der Waals surface area contributed by atoms with Crippen molar-refractivity contribution in [1.82, 2.24) is 15.5 Å². The quantitative estimate of drug-likeness (QED) is 0.749. The normalized spacial score (nSPS) is 13.4. The van der Waals surface area contributed by atoms with Crippen LogP contribution in [0.25, 0.3) is 0 Å². The largest absolute Gasteiger partial charge is 0.311 e.